The Hall–Kier alpha value is -2.01. The number of ether oxygens (including phenoxy) is 1. The van der Waals surface area contributed by atoms with Crippen LogP contribution in [0.4, 0.5) is 13.2 Å². The smallest absolute Gasteiger partial charge is 0.406 e. The fraction of sp³-hybridized carbons (Fsp3) is 0.250. The summed E-state index contributed by atoms with van der Waals surface area (Å²) in [6, 6.07) is 15.4. The molecule has 0 heterocycles. The van der Waals surface area contributed by atoms with Crippen molar-refractivity contribution < 1.29 is 17.9 Å². The van der Waals surface area contributed by atoms with Crippen LogP contribution in [0, 0.1) is 0 Å². The summed E-state index contributed by atoms with van der Waals surface area (Å²) in [6.45, 7) is 2.65. The Morgan fingerprint density at radius 3 is 2.29 bits per heavy atom. The first-order valence-corrected chi connectivity index (χ1v) is 6.63. The Bertz CT molecular complexity index is 569. The van der Waals surface area contributed by atoms with Crippen molar-refractivity contribution in [2.75, 3.05) is 6.54 Å². The third-order valence-electron chi connectivity index (χ3n) is 2.97. The Kier molecular flexibility index (Phi) is 4.85. The molecule has 0 bridgehead atoms. The van der Waals surface area contributed by atoms with Gasteiger partial charge in [0.05, 0.1) is 6.04 Å². The van der Waals surface area contributed by atoms with Crippen LogP contribution in [-0.2, 0) is 0 Å². The Labute approximate surface area is 121 Å². The maximum Gasteiger partial charge on any atom is 0.573 e. The second kappa shape index (κ2) is 6.63. The van der Waals surface area contributed by atoms with Crippen LogP contribution >= 0.6 is 0 Å². The molecule has 0 aliphatic carbocycles. The van der Waals surface area contributed by atoms with Gasteiger partial charge in [-0.25, -0.2) is 0 Å². The molecule has 2 rings (SSSR count). The molecular weight excluding hydrogens is 279 g/mol. The van der Waals surface area contributed by atoms with E-state index < -0.39 is 6.36 Å². The van der Waals surface area contributed by atoms with Gasteiger partial charge in [-0.2, -0.15) is 0 Å². The predicted octanol–water partition coefficient (Wildman–Crippen LogP) is 4.28. The number of hydrogen-bond donors (Lipinski definition) is 1. The summed E-state index contributed by atoms with van der Waals surface area (Å²) >= 11 is 0. The van der Waals surface area contributed by atoms with E-state index in [0.717, 1.165) is 11.1 Å². The number of benzene rings is 2. The molecule has 0 fully saturated rings. The van der Waals surface area contributed by atoms with Crippen molar-refractivity contribution in [3.05, 3.63) is 65.7 Å². The molecular formula is C16H16F3NO. The minimum absolute atomic E-state index is 0.173. The Morgan fingerprint density at radius 1 is 1.00 bits per heavy atom. The summed E-state index contributed by atoms with van der Waals surface area (Å²) in [5.74, 6) is -0.209. The SMILES string of the molecule is CCNC(c1ccccc1)c1cccc(OC(F)(F)F)c1. The molecule has 2 aromatic rings. The second-order valence-corrected chi connectivity index (χ2v) is 4.52. The third-order valence-corrected chi connectivity index (χ3v) is 2.97. The average molecular weight is 295 g/mol. The van der Waals surface area contributed by atoms with Gasteiger partial charge in [0.15, 0.2) is 0 Å². The summed E-state index contributed by atoms with van der Waals surface area (Å²) in [6.07, 6.45) is -4.68. The van der Waals surface area contributed by atoms with Crippen molar-refractivity contribution in [2.24, 2.45) is 0 Å². The van der Waals surface area contributed by atoms with Crippen molar-refractivity contribution in [2.45, 2.75) is 19.3 Å². The van der Waals surface area contributed by atoms with Gasteiger partial charge >= 0.3 is 6.36 Å². The van der Waals surface area contributed by atoms with Crippen molar-refractivity contribution >= 4 is 0 Å². The van der Waals surface area contributed by atoms with Crippen molar-refractivity contribution in [1.29, 1.82) is 0 Å². The van der Waals surface area contributed by atoms with E-state index in [0.29, 0.717) is 6.54 Å². The molecule has 1 atom stereocenters. The van der Waals surface area contributed by atoms with E-state index in [1.54, 1.807) is 12.1 Å². The Balaban J connectivity index is 2.31. The molecule has 112 valence electrons. The van der Waals surface area contributed by atoms with E-state index in [-0.39, 0.29) is 11.8 Å². The average Bonchev–Trinajstić information content (AvgIpc) is 2.44. The van der Waals surface area contributed by atoms with Gasteiger partial charge in [-0.3, -0.25) is 0 Å². The number of rotatable bonds is 5. The lowest BCUT2D eigenvalue weighted by molar-refractivity contribution is -0.274. The molecule has 0 aromatic heterocycles. The van der Waals surface area contributed by atoms with E-state index >= 15 is 0 Å². The summed E-state index contributed by atoms with van der Waals surface area (Å²) in [4.78, 5) is 0. The van der Waals surface area contributed by atoms with E-state index in [1.165, 1.54) is 12.1 Å². The summed E-state index contributed by atoms with van der Waals surface area (Å²) in [5, 5.41) is 3.27. The van der Waals surface area contributed by atoms with Crippen LogP contribution in [0.5, 0.6) is 5.75 Å². The van der Waals surface area contributed by atoms with Gasteiger partial charge in [-0.05, 0) is 29.8 Å². The molecule has 2 aromatic carbocycles. The standard InChI is InChI=1S/C16H16F3NO/c1-2-20-15(12-7-4-3-5-8-12)13-9-6-10-14(11-13)21-16(17,18)19/h3-11,15,20H,2H2,1H3. The molecule has 0 saturated heterocycles. The summed E-state index contributed by atoms with van der Waals surface area (Å²) in [7, 11) is 0. The lowest BCUT2D eigenvalue weighted by atomic mass is 9.98. The minimum atomic E-state index is -4.68. The number of nitrogens with one attached hydrogen (secondary N) is 1. The van der Waals surface area contributed by atoms with Crippen molar-refractivity contribution in [3.8, 4) is 5.75 Å². The van der Waals surface area contributed by atoms with Crippen LogP contribution in [0.1, 0.15) is 24.1 Å². The molecule has 0 saturated carbocycles. The molecule has 5 heteroatoms. The fourth-order valence-corrected chi connectivity index (χ4v) is 2.17. The van der Waals surface area contributed by atoms with Gasteiger partial charge < -0.3 is 10.1 Å². The van der Waals surface area contributed by atoms with Gasteiger partial charge in [0.1, 0.15) is 5.75 Å². The second-order valence-electron chi connectivity index (χ2n) is 4.52. The molecule has 0 aliphatic heterocycles. The number of hydrogen-bond acceptors (Lipinski definition) is 2. The number of alkyl halides is 3. The lowest BCUT2D eigenvalue weighted by Crippen LogP contribution is -2.22. The van der Waals surface area contributed by atoms with Crippen LogP contribution in [0.3, 0.4) is 0 Å². The first-order chi connectivity index (χ1) is 9.99. The first kappa shape index (κ1) is 15.4. The third kappa shape index (κ3) is 4.49. The maximum absolute atomic E-state index is 12.3. The topological polar surface area (TPSA) is 21.3 Å². The molecule has 1 N–H and O–H groups in total. The van der Waals surface area contributed by atoms with E-state index in [4.69, 9.17) is 0 Å². The van der Waals surface area contributed by atoms with Crippen LogP contribution in [-0.4, -0.2) is 12.9 Å². The molecule has 0 radical (unpaired) electrons. The maximum atomic E-state index is 12.3. The highest BCUT2D eigenvalue weighted by molar-refractivity contribution is 5.36. The summed E-state index contributed by atoms with van der Waals surface area (Å²) < 4.78 is 40.9. The zero-order valence-corrected chi connectivity index (χ0v) is 11.5. The normalized spacial score (nSPS) is 13.0. The molecule has 0 spiro atoms. The van der Waals surface area contributed by atoms with Gasteiger partial charge in [-0.1, -0.05) is 49.4 Å². The highest BCUT2D eigenvalue weighted by atomic mass is 19.4. The molecule has 2 nitrogen and oxygen atoms in total. The van der Waals surface area contributed by atoms with E-state index in [9.17, 15) is 13.2 Å². The summed E-state index contributed by atoms with van der Waals surface area (Å²) in [5.41, 5.74) is 1.72. The van der Waals surface area contributed by atoms with Crippen molar-refractivity contribution in [3.63, 3.8) is 0 Å². The minimum Gasteiger partial charge on any atom is -0.406 e. The zero-order chi connectivity index (χ0) is 15.3. The van der Waals surface area contributed by atoms with Crippen LogP contribution in [0.15, 0.2) is 54.6 Å². The largest absolute Gasteiger partial charge is 0.573 e. The van der Waals surface area contributed by atoms with Crippen LogP contribution < -0.4 is 10.1 Å². The lowest BCUT2D eigenvalue weighted by Gasteiger charge is -2.20. The van der Waals surface area contributed by atoms with Gasteiger partial charge in [0.25, 0.3) is 0 Å². The quantitative estimate of drug-likeness (QED) is 0.888. The van der Waals surface area contributed by atoms with Gasteiger partial charge in [0, 0.05) is 0 Å². The van der Waals surface area contributed by atoms with Crippen LogP contribution in [0.25, 0.3) is 0 Å². The first-order valence-electron chi connectivity index (χ1n) is 6.63. The van der Waals surface area contributed by atoms with Crippen molar-refractivity contribution in [1.82, 2.24) is 5.32 Å². The molecule has 0 aliphatic rings. The molecule has 1 unspecified atom stereocenters. The molecule has 0 amide bonds. The van der Waals surface area contributed by atoms with E-state index in [1.807, 2.05) is 37.3 Å². The highest BCUT2D eigenvalue weighted by Gasteiger charge is 2.31. The van der Waals surface area contributed by atoms with Crippen LogP contribution in [0.2, 0.25) is 0 Å². The van der Waals surface area contributed by atoms with Gasteiger partial charge in [-0.15, -0.1) is 13.2 Å². The van der Waals surface area contributed by atoms with E-state index in [2.05, 4.69) is 10.1 Å². The molecule has 21 heavy (non-hydrogen) atoms. The van der Waals surface area contributed by atoms with Gasteiger partial charge in [0.2, 0.25) is 0 Å². The number of halogens is 3. The Morgan fingerprint density at radius 2 is 1.67 bits per heavy atom. The highest BCUT2D eigenvalue weighted by Crippen LogP contribution is 2.28. The fourth-order valence-electron chi connectivity index (χ4n) is 2.17. The predicted molar refractivity (Wildman–Crippen MR) is 75.1 cm³/mol. The monoisotopic (exact) mass is 295 g/mol. The zero-order valence-electron chi connectivity index (χ0n) is 11.5.